The molecule has 0 spiro atoms. The van der Waals surface area contributed by atoms with Gasteiger partial charge in [0.05, 0.1) is 28.4 Å². The van der Waals surface area contributed by atoms with Crippen LogP contribution in [0.15, 0.2) is 81.7 Å². The minimum Gasteiger partial charge on any atom is -0.496 e. The summed E-state index contributed by atoms with van der Waals surface area (Å²) in [5.74, 6) is -0.268. The SMILES string of the molecule is COC(=O)c1cc(-c2cccc(Br)c2)cc(Cc2cc(-c3cccc(Br)c3)cc(C(=O)OC)c2OC)c1OC. The van der Waals surface area contributed by atoms with E-state index in [1.54, 1.807) is 12.1 Å². The summed E-state index contributed by atoms with van der Waals surface area (Å²) in [7, 11) is 5.69. The monoisotopic (exact) mass is 652 g/mol. The van der Waals surface area contributed by atoms with Gasteiger partial charge >= 0.3 is 11.9 Å². The van der Waals surface area contributed by atoms with Gasteiger partial charge in [0.25, 0.3) is 0 Å². The minimum atomic E-state index is -0.518. The van der Waals surface area contributed by atoms with E-state index in [1.165, 1.54) is 28.4 Å². The summed E-state index contributed by atoms with van der Waals surface area (Å²) in [6.07, 6.45) is 0.296. The lowest BCUT2D eigenvalue weighted by molar-refractivity contribution is 0.0588. The third-order valence-electron chi connectivity index (χ3n) is 6.25. The number of methoxy groups -OCH3 is 4. The van der Waals surface area contributed by atoms with Crippen LogP contribution < -0.4 is 9.47 Å². The minimum absolute atomic E-state index is 0.294. The van der Waals surface area contributed by atoms with Gasteiger partial charge in [-0.05, 0) is 70.8 Å². The molecule has 0 aliphatic rings. The zero-order valence-corrected chi connectivity index (χ0v) is 25.0. The molecule has 6 nitrogen and oxygen atoms in total. The Balaban J connectivity index is 1.97. The number of hydrogen-bond acceptors (Lipinski definition) is 6. The van der Waals surface area contributed by atoms with Crippen molar-refractivity contribution in [2.24, 2.45) is 0 Å². The Labute approximate surface area is 244 Å². The smallest absolute Gasteiger partial charge is 0.341 e. The molecule has 200 valence electrons. The van der Waals surface area contributed by atoms with Crippen molar-refractivity contribution in [1.29, 1.82) is 0 Å². The largest absolute Gasteiger partial charge is 0.496 e. The number of halogens is 2. The van der Waals surface area contributed by atoms with Crippen molar-refractivity contribution >= 4 is 43.8 Å². The Kier molecular flexibility index (Phi) is 9.09. The first-order chi connectivity index (χ1) is 18.8. The van der Waals surface area contributed by atoms with Crippen LogP contribution in [-0.2, 0) is 15.9 Å². The Morgan fingerprint density at radius 2 is 1.00 bits per heavy atom. The fraction of sp³-hybridized carbons (Fsp3) is 0.161. The quantitative estimate of drug-likeness (QED) is 0.181. The van der Waals surface area contributed by atoms with Crippen molar-refractivity contribution in [3.05, 3.63) is 104 Å². The standard InChI is InChI=1S/C31H26Br2O6/c1-36-28-22(11-20(16-26(28)30(34)38-3)18-7-5-9-24(32)14-18)13-23-12-21(19-8-6-10-25(33)15-19)17-27(29(23)37-2)31(35)39-4/h5-12,14-17H,13H2,1-4H3. The predicted octanol–water partition coefficient (Wildman–Crippen LogP) is 7.73. The van der Waals surface area contributed by atoms with Gasteiger partial charge in [0, 0.05) is 26.5 Å². The molecular weight excluding hydrogens is 628 g/mol. The molecule has 0 heterocycles. The summed E-state index contributed by atoms with van der Waals surface area (Å²) in [6, 6.07) is 23.0. The maximum atomic E-state index is 12.8. The lowest BCUT2D eigenvalue weighted by Gasteiger charge is -2.19. The van der Waals surface area contributed by atoms with E-state index in [2.05, 4.69) is 31.9 Å². The van der Waals surface area contributed by atoms with Crippen LogP contribution in [0.1, 0.15) is 31.8 Å². The van der Waals surface area contributed by atoms with Gasteiger partial charge in [0.2, 0.25) is 0 Å². The molecule has 0 unspecified atom stereocenters. The number of carbonyl (C=O) groups is 2. The zero-order chi connectivity index (χ0) is 28.1. The molecule has 0 fully saturated rings. The first-order valence-electron chi connectivity index (χ1n) is 11.9. The number of benzene rings is 4. The van der Waals surface area contributed by atoms with Crippen LogP contribution in [-0.4, -0.2) is 40.4 Å². The van der Waals surface area contributed by atoms with Crippen molar-refractivity contribution < 1.29 is 28.5 Å². The predicted molar refractivity (Wildman–Crippen MR) is 158 cm³/mol. The fourth-order valence-corrected chi connectivity index (χ4v) is 5.32. The molecule has 0 atom stereocenters. The summed E-state index contributed by atoms with van der Waals surface area (Å²) in [6.45, 7) is 0. The second-order valence-corrected chi connectivity index (χ2v) is 10.4. The molecule has 0 saturated carbocycles. The highest BCUT2D eigenvalue weighted by atomic mass is 79.9. The number of rotatable bonds is 8. The Bertz CT molecular complexity index is 1430. The summed E-state index contributed by atoms with van der Waals surface area (Å²) in [4.78, 5) is 25.6. The molecule has 4 aromatic rings. The molecule has 8 heteroatoms. The molecule has 0 aromatic heterocycles. The normalized spacial score (nSPS) is 10.6. The van der Waals surface area contributed by atoms with Crippen molar-refractivity contribution in [1.82, 2.24) is 0 Å². The lowest BCUT2D eigenvalue weighted by atomic mass is 9.91. The van der Waals surface area contributed by atoms with E-state index in [4.69, 9.17) is 18.9 Å². The molecule has 4 rings (SSSR count). The van der Waals surface area contributed by atoms with E-state index >= 15 is 0 Å². The first-order valence-corrected chi connectivity index (χ1v) is 13.5. The molecule has 39 heavy (non-hydrogen) atoms. The number of ether oxygens (including phenoxy) is 4. The molecule has 0 N–H and O–H groups in total. The number of esters is 2. The van der Waals surface area contributed by atoms with Crippen LogP contribution in [0.2, 0.25) is 0 Å². The highest BCUT2D eigenvalue weighted by Gasteiger charge is 2.23. The van der Waals surface area contributed by atoms with Crippen LogP contribution in [0.4, 0.5) is 0 Å². The molecule has 0 saturated heterocycles. The van der Waals surface area contributed by atoms with E-state index in [1.807, 2.05) is 60.7 Å². The molecule has 0 aliphatic heterocycles. The highest BCUT2D eigenvalue weighted by molar-refractivity contribution is 9.10. The van der Waals surface area contributed by atoms with Gasteiger partial charge in [-0.25, -0.2) is 9.59 Å². The van der Waals surface area contributed by atoms with Crippen molar-refractivity contribution in [3.8, 4) is 33.8 Å². The van der Waals surface area contributed by atoms with Gasteiger partial charge in [-0.2, -0.15) is 0 Å². The maximum absolute atomic E-state index is 12.8. The second-order valence-electron chi connectivity index (χ2n) is 8.61. The summed E-state index contributed by atoms with van der Waals surface area (Å²) in [5.41, 5.74) is 5.45. The van der Waals surface area contributed by atoms with Crippen LogP contribution in [0.5, 0.6) is 11.5 Å². The molecule has 4 aromatic carbocycles. The van der Waals surface area contributed by atoms with E-state index in [0.29, 0.717) is 29.0 Å². The Morgan fingerprint density at radius 3 is 1.33 bits per heavy atom. The van der Waals surface area contributed by atoms with Crippen LogP contribution in [0.25, 0.3) is 22.3 Å². The zero-order valence-electron chi connectivity index (χ0n) is 21.8. The molecule has 0 aliphatic carbocycles. The van der Waals surface area contributed by atoms with Gasteiger partial charge in [0.1, 0.15) is 22.6 Å². The van der Waals surface area contributed by atoms with E-state index < -0.39 is 11.9 Å². The van der Waals surface area contributed by atoms with Crippen LogP contribution >= 0.6 is 31.9 Å². The second kappa shape index (κ2) is 12.5. The fourth-order valence-electron chi connectivity index (χ4n) is 4.52. The third kappa shape index (κ3) is 6.18. The van der Waals surface area contributed by atoms with Gasteiger partial charge in [0.15, 0.2) is 0 Å². The van der Waals surface area contributed by atoms with E-state index in [-0.39, 0.29) is 0 Å². The molecule has 0 radical (unpaired) electrons. The summed E-state index contributed by atoms with van der Waals surface area (Å²) < 4.78 is 23.4. The average Bonchev–Trinajstić information content (AvgIpc) is 2.95. The molecule has 0 bridgehead atoms. The molecular formula is C31H26Br2O6. The van der Waals surface area contributed by atoms with E-state index in [0.717, 1.165) is 42.3 Å². The van der Waals surface area contributed by atoms with Crippen molar-refractivity contribution in [3.63, 3.8) is 0 Å². The highest BCUT2D eigenvalue weighted by Crippen LogP contribution is 2.38. The van der Waals surface area contributed by atoms with Gasteiger partial charge in [-0.1, -0.05) is 56.1 Å². The Hall–Kier alpha value is -3.62. The van der Waals surface area contributed by atoms with Gasteiger partial charge < -0.3 is 18.9 Å². The van der Waals surface area contributed by atoms with Crippen LogP contribution in [0.3, 0.4) is 0 Å². The Morgan fingerprint density at radius 1 is 0.590 bits per heavy atom. The lowest BCUT2D eigenvalue weighted by Crippen LogP contribution is -2.09. The third-order valence-corrected chi connectivity index (χ3v) is 7.23. The number of carbonyl (C=O) groups excluding carboxylic acids is 2. The first kappa shape index (κ1) is 28.4. The summed E-state index contributed by atoms with van der Waals surface area (Å²) >= 11 is 7.05. The van der Waals surface area contributed by atoms with Crippen molar-refractivity contribution in [2.75, 3.05) is 28.4 Å². The molecule has 0 amide bonds. The van der Waals surface area contributed by atoms with Gasteiger partial charge in [-0.15, -0.1) is 0 Å². The van der Waals surface area contributed by atoms with Crippen LogP contribution in [0, 0.1) is 0 Å². The summed E-state index contributed by atoms with van der Waals surface area (Å²) in [5, 5.41) is 0. The van der Waals surface area contributed by atoms with Gasteiger partial charge in [-0.3, -0.25) is 0 Å². The average molecular weight is 654 g/mol. The maximum Gasteiger partial charge on any atom is 0.341 e. The van der Waals surface area contributed by atoms with E-state index in [9.17, 15) is 9.59 Å². The topological polar surface area (TPSA) is 71.1 Å². The van der Waals surface area contributed by atoms with Crippen molar-refractivity contribution in [2.45, 2.75) is 6.42 Å². The number of hydrogen-bond donors (Lipinski definition) is 0.